The topological polar surface area (TPSA) is 257 Å². The van der Waals surface area contributed by atoms with Crippen molar-refractivity contribution < 1.29 is 74.4 Å². The lowest BCUT2D eigenvalue weighted by molar-refractivity contribution is -0.349. The molecule has 210 valence electrons. The van der Waals surface area contributed by atoms with E-state index in [4.69, 9.17) is 23.7 Å². The van der Waals surface area contributed by atoms with Crippen LogP contribution in [0.4, 0.5) is 0 Å². The smallest absolute Gasteiger partial charge is 0.217 e. The van der Waals surface area contributed by atoms with Crippen LogP contribution in [0.1, 0.15) is 13.8 Å². The summed E-state index contributed by atoms with van der Waals surface area (Å²) in [6.07, 6.45) is -21.3. The number of nitrogens with one attached hydrogen (secondary N) is 1. The van der Waals surface area contributed by atoms with Gasteiger partial charge in [0.2, 0.25) is 5.91 Å². The molecular weight excluding hydrogens is 494 g/mol. The number of carbonyl (C=O) groups excluding carboxylic acids is 1. The van der Waals surface area contributed by atoms with E-state index in [1.165, 1.54) is 6.92 Å². The number of ether oxygens (including phenoxy) is 5. The molecule has 0 radical (unpaired) electrons. The van der Waals surface area contributed by atoms with Crippen LogP contribution in [-0.2, 0) is 28.5 Å². The first-order chi connectivity index (χ1) is 16.9. The molecular formula is C20H35NO15. The predicted molar refractivity (Wildman–Crippen MR) is 111 cm³/mol. The zero-order valence-electron chi connectivity index (χ0n) is 19.5. The minimum Gasteiger partial charge on any atom is -0.394 e. The Balaban J connectivity index is 1.73. The van der Waals surface area contributed by atoms with Crippen LogP contribution in [0.2, 0.25) is 0 Å². The quantitative estimate of drug-likeness (QED) is 0.147. The van der Waals surface area contributed by atoms with Gasteiger partial charge in [-0.3, -0.25) is 4.79 Å². The summed E-state index contributed by atoms with van der Waals surface area (Å²) < 4.78 is 27.2. The number of hydrogen-bond acceptors (Lipinski definition) is 15. The summed E-state index contributed by atoms with van der Waals surface area (Å²) >= 11 is 0. The Bertz CT molecular complexity index is 729. The maximum absolute atomic E-state index is 11.8. The van der Waals surface area contributed by atoms with Gasteiger partial charge >= 0.3 is 0 Å². The number of rotatable bonds is 7. The zero-order valence-corrected chi connectivity index (χ0v) is 19.5. The number of amides is 1. The van der Waals surface area contributed by atoms with Crippen LogP contribution >= 0.6 is 0 Å². The molecule has 10 N–H and O–H groups in total. The molecule has 0 aromatic heterocycles. The maximum atomic E-state index is 11.8. The van der Waals surface area contributed by atoms with Gasteiger partial charge in [0.25, 0.3) is 0 Å². The van der Waals surface area contributed by atoms with Crippen molar-refractivity contribution >= 4 is 5.91 Å². The average molecular weight is 529 g/mol. The molecule has 3 heterocycles. The lowest BCUT2D eigenvalue weighted by Crippen LogP contribution is -2.67. The molecule has 0 aromatic rings. The van der Waals surface area contributed by atoms with E-state index in [0.29, 0.717) is 0 Å². The first-order valence-electron chi connectivity index (χ1n) is 11.4. The van der Waals surface area contributed by atoms with Gasteiger partial charge < -0.3 is 75.0 Å². The number of aliphatic hydroxyl groups is 9. The van der Waals surface area contributed by atoms with Crippen molar-refractivity contribution in [1.29, 1.82) is 0 Å². The molecule has 3 fully saturated rings. The lowest BCUT2D eigenvalue weighted by atomic mass is 9.95. The summed E-state index contributed by atoms with van der Waals surface area (Å²) in [6.45, 7) is 1.30. The van der Waals surface area contributed by atoms with E-state index in [1.807, 2.05) is 0 Å². The predicted octanol–water partition coefficient (Wildman–Crippen LogP) is -6.40. The van der Waals surface area contributed by atoms with Crippen LogP contribution in [0.3, 0.4) is 0 Å². The lowest BCUT2D eigenvalue weighted by Gasteiger charge is -2.47. The summed E-state index contributed by atoms with van der Waals surface area (Å²) in [5.74, 6) is -0.610. The molecule has 3 saturated heterocycles. The zero-order chi connectivity index (χ0) is 26.9. The van der Waals surface area contributed by atoms with E-state index in [-0.39, 0.29) is 0 Å². The monoisotopic (exact) mass is 529 g/mol. The van der Waals surface area contributed by atoms with Crippen molar-refractivity contribution in [3.8, 4) is 0 Å². The minimum absolute atomic E-state index is 0.537. The van der Waals surface area contributed by atoms with Gasteiger partial charge in [-0.1, -0.05) is 0 Å². The van der Waals surface area contributed by atoms with Crippen molar-refractivity contribution in [2.45, 2.75) is 106 Å². The molecule has 36 heavy (non-hydrogen) atoms. The van der Waals surface area contributed by atoms with Crippen molar-refractivity contribution in [3.05, 3.63) is 0 Å². The number of hydrogen-bond donors (Lipinski definition) is 10. The van der Waals surface area contributed by atoms with E-state index in [2.05, 4.69) is 5.32 Å². The van der Waals surface area contributed by atoms with Crippen molar-refractivity contribution in [2.75, 3.05) is 13.2 Å². The maximum Gasteiger partial charge on any atom is 0.217 e. The van der Waals surface area contributed by atoms with Crippen molar-refractivity contribution in [2.24, 2.45) is 0 Å². The summed E-state index contributed by atoms with van der Waals surface area (Å²) in [7, 11) is 0. The van der Waals surface area contributed by atoms with E-state index in [0.717, 1.165) is 6.92 Å². The highest BCUT2D eigenvalue weighted by Gasteiger charge is 2.51. The highest BCUT2D eigenvalue weighted by Crippen LogP contribution is 2.30. The molecule has 0 saturated carbocycles. The van der Waals surface area contributed by atoms with E-state index >= 15 is 0 Å². The Morgan fingerprint density at radius 3 is 2.03 bits per heavy atom. The average Bonchev–Trinajstić information content (AvgIpc) is 2.83. The van der Waals surface area contributed by atoms with Gasteiger partial charge in [0.1, 0.15) is 67.1 Å². The second-order valence-electron chi connectivity index (χ2n) is 9.09. The molecule has 0 aromatic carbocycles. The van der Waals surface area contributed by atoms with E-state index in [1.54, 1.807) is 0 Å². The van der Waals surface area contributed by atoms with E-state index in [9.17, 15) is 50.8 Å². The Hall–Kier alpha value is -1.09. The third kappa shape index (κ3) is 6.13. The minimum atomic E-state index is -1.82. The molecule has 16 nitrogen and oxygen atoms in total. The summed E-state index contributed by atoms with van der Waals surface area (Å²) in [5, 5.41) is 92.6. The Morgan fingerprint density at radius 1 is 0.778 bits per heavy atom. The molecule has 3 aliphatic heterocycles. The third-order valence-electron chi connectivity index (χ3n) is 6.43. The summed E-state index contributed by atoms with van der Waals surface area (Å²) in [4.78, 5) is 11.8. The molecule has 3 rings (SSSR count). The Labute approximate surface area is 205 Å². The van der Waals surface area contributed by atoms with Crippen LogP contribution < -0.4 is 5.32 Å². The number of carbonyl (C=O) groups is 1. The standard InChI is InChI=1S/C20H35NO15/c1-5-10(24)13(27)16(30)20(33-5)36-17-7(3-22)35-19(9(12(17)26)21-6(2)23)32-4-8-11(25)14(28)15(29)18(31)34-8/h5,7-20,22,24-31H,3-4H2,1-2H3,(H,21,23)/t5-,7-,8-,9-,10+,11+,12-,13+,14+,15-,16-,17-,18?,19-,20+/m1/s1. The molecule has 15 atom stereocenters. The van der Waals surface area contributed by atoms with Gasteiger partial charge in [-0.2, -0.15) is 0 Å². The van der Waals surface area contributed by atoms with Gasteiger partial charge in [0, 0.05) is 6.92 Å². The van der Waals surface area contributed by atoms with Gasteiger partial charge in [-0.15, -0.1) is 0 Å². The fourth-order valence-corrected chi connectivity index (χ4v) is 4.30. The van der Waals surface area contributed by atoms with Gasteiger partial charge in [-0.05, 0) is 6.92 Å². The molecule has 3 aliphatic rings. The molecule has 1 amide bonds. The van der Waals surface area contributed by atoms with Crippen molar-refractivity contribution in [1.82, 2.24) is 5.32 Å². The Kier molecular flexibility index (Phi) is 9.97. The first kappa shape index (κ1) is 29.5. The van der Waals surface area contributed by atoms with Crippen LogP contribution in [0, 0.1) is 0 Å². The molecule has 1 unspecified atom stereocenters. The SMILES string of the molecule is CC(=O)N[C@H]1[C@H](OC[C@H]2OC(O)[C@H](O)[C@@H](O)[C@H]2O)O[C@H](CO)[C@@H](O[C@@H]2O[C@H](C)[C@H](O)[C@H](O)[C@H]2O)[C@@H]1O. The second-order valence-corrected chi connectivity index (χ2v) is 9.09. The Morgan fingerprint density at radius 2 is 1.42 bits per heavy atom. The second kappa shape index (κ2) is 12.2. The summed E-state index contributed by atoms with van der Waals surface area (Å²) in [6, 6.07) is -1.33. The van der Waals surface area contributed by atoms with Crippen LogP contribution in [0.15, 0.2) is 0 Å². The van der Waals surface area contributed by atoms with Gasteiger partial charge in [-0.25, -0.2) is 0 Å². The third-order valence-corrected chi connectivity index (χ3v) is 6.43. The van der Waals surface area contributed by atoms with Gasteiger partial charge in [0.15, 0.2) is 18.9 Å². The molecule has 0 aliphatic carbocycles. The van der Waals surface area contributed by atoms with Crippen LogP contribution in [0.5, 0.6) is 0 Å². The van der Waals surface area contributed by atoms with Crippen LogP contribution in [-0.4, -0.2) is 157 Å². The molecule has 0 spiro atoms. The molecule has 0 bridgehead atoms. The normalized spacial score (nSPS) is 50.0. The van der Waals surface area contributed by atoms with E-state index < -0.39 is 111 Å². The van der Waals surface area contributed by atoms with Crippen molar-refractivity contribution in [3.63, 3.8) is 0 Å². The van der Waals surface area contributed by atoms with Gasteiger partial charge in [0.05, 0.1) is 19.3 Å². The molecule has 16 heteroatoms. The highest BCUT2D eigenvalue weighted by atomic mass is 16.7. The fourth-order valence-electron chi connectivity index (χ4n) is 4.30. The largest absolute Gasteiger partial charge is 0.394 e. The van der Waals surface area contributed by atoms with Crippen LogP contribution in [0.25, 0.3) is 0 Å². The fraction of sp³-hybridized carbons (Fsp3) is 0.950. The number of aliphatic hydroxyl groups excluding tert-OH is 9. The highest BCUT2D eigenvalue weighted by molar-refractivity contribution is 5.73. The summed E-state index contributed by atoms with van der Waals surface area (Å²) in [5.41, 5.74) is 0. The first-order valence-corrected chi connectivity index (χ1v) is 11.4.